The van der Waals surface area contributed by atoms with Crippen LogP contribution in [0, 0.1) is 11.3 Å². The molecule has 6 heteroatoms. The van der Waals surface area contributed by atoms with E-state index in [1.165, 1.54) is 0 Å². The van der Waals surface area contributed by atoms with Crippen molar-refractivity contribution in [2.24, 2.45) is 0 Å². The molecule has 5 nitrogen and oxygen atoms in total. The number of aldehydes is 1. The van der Waals surface area contributed by atoms with Gasteiger partial charge in [-0.1, -0.05) is 48.0 Å². The van der Waals surface area contributed by atoms with Crippen LogP contribution in [0.25, 0.3) is 22.6 Å². The van der Waals surface area contributed by atoms with Crippen LogP contribution in [0.5, 0.6) is 5.88 Å². The molecule has 4 rings (SSSR count). The van der Waals surface area contributed by atoms with Gasteiger partial charge in [0.2, 0.25) is 5.88 Å². The first-order chi connectivity index (χ1) is 15.1. The van der Waals surface area contributed by atoms with Crippen molar-refractivity contribution in [3.8, 4) is 11.9 Å². The largest absolute Gasteiger partial charge is 0.481 e. The Kier molecular flexibility index (Phi) is 5.83. The molecule has 0 saturated heterocycles. The Morgan fingerprint density at radius 3 is 2.65 bits per heavy atom. The molecule has 4 aromatic rings. The topological polar surface area (TPSA) is 67.9 Å². The minimum absolute atomic E-state index is 0.512. The Labute approximate surface area is 184 Å². The fourth-order valence-electron chi connectivity index (χ4n) is 3.44. The van der Waals surface area contributed by atoms with E-state index in [1.54, 1.807) is 37.6 Å². The second-order valence-electron chi connectivity index (χ2n) is 6.99. The Balaban J connectivity index is 1.77. The Bertz CT molecular complexity index is 1310. The van der Waals surface area contributed by atoms with Gasteiger partial charge >= 0.3 is 0 Å². The van der Waals surface area contributed by atoms with Crippen LogP contribution in [0.4, 0.5) is 0 Å². The zero-order valence-corrected chi connectivity index (χ0v) is 17.5. The molecule has 0 amide bonds. The lowest BCUT2D eigenvalue weighted by Crippen LogP contribution is -1.99. The number of carbonyl (C=O) groups excluding carboxylic acids is 1. The number of nitrogens with zero attached hydrogens (tertiary/aromatic N) is 3. The number of halogens is 1. The second kappa shape index (κ2) is 8.86. The number of benzene rings is 2. The van der Waals surface area contributed by atoms with Crippen LogP contribution in [0.15, 0.2) is 67.0 Å². The van der Waals surface area contributed by atoms with Crippen LogP contribution in [-0.4, -0.2) is 22.9 Å². The molecule has 2 aromatic heterocycles. The van der Waals surface area contributed by atoms with E-state index in [1.807, 2.05) is 42.6 Å². The van der Waals surface area contributed by atoms with Crippen molar-refractivity contribution in [3.63, 3.8) is 0 Å². The molecule has 152 valence electrons. The first-order valence-electron chi connectivity index (χ1n) is 9.56. The summed E-state index contributed by atoms with van der Waals surface area (Å²) in [6.07, 6.45) is 6.42. The molecular formula is C25H18ClN3O2. The minimum Gasteiger partial charge on any atom is -0.481 e. The van der Waals surface area contributed by atoms with Gasteiger partial charge in [-0.25, -0.2) is 4.98 Å². The van der Waals surface area contributed by atoms with E-state index in [0.29, 0.717) is 28.6 Å². The van der Waals surface area contributed by atoms with Crippen LogP contribution in [0.1, 0.15) is 27.0 Å². The molecule has 2 heterocycles. The molecule has 0 aliphatic heterocycles. The summed E-state index contributed by atoms with van der Waals surface area (Å²) >= 11 is 6.26. The number of hydrogen-bond acceptors (Lipinski definition) is 4. The molecule has 0 aliphatic carbocycles. The molecule has 0 aliphatic rings. The minimum atomic E-state index is 0.512. The average molecular weight is 428 g/mol. The first kappa shape index (κ1) is 20.4. The molecule has 0 N–H and O–H groups in total. The predicted molar refractivity (Wildman–Crippen MR) is 122 cm³/mol. The van der Waals surface area contributed by atoms with Crippen LogP contribution >= 0.6 is 11.6 Å². The summed E-state index contributed by atoms with van der Waals surface area (Å²) in [7, 11) is 1.58. The number of carbonyl (C=O) groups is 1. The van der Waals surface area contributed by atoms with Crippen molar-refractivity contribution in [1.82, 2.24) is 9.55 Å². The van der Waals surface area contributed by atoms with Crippen LogP contribution in [-0.2, 0) is 6.54 Å². The van der Waals surface area contributed by atoms with Gasteiger partial charge < -0.3 is 9.30 Å². The van der Waals surface area contributed by atoms with Crippen molar-refractivity contribution in [2.75, 3.05) is 7.11 Å². The quantitative estimate of drug-likeness (QED) is 0.295. The highest BCUT2D eigenvalue weighted by Crippen LogP contribution is 2.29. The standard InChI is InChI=1S/C25H18ClN3O2/c1-31-25-9-4-18(13-28-25)14-29-15-21(23-8-7-22(26)11-24(23)29)10-20(12-27)19-5-2-17(16-30)3-6-19/h2-11,13,15-16H,14H2,1H3/b20-10+. The van der Waals surface area contributed by atoms with Crippen LogP contribution in [0.2, 0.25) is 5.02 Å². The number of pyridine rings is 1. The highest BCUT2D eigenvalue weighted by molar-refractivity contribution is 6.31. The first-order valence-corrected chi connectivity index (χ1v) is 9.94. The van der Waals surface area contributed by atoms with Crippen molar-refractivity contribution >= 4 is 40.4 Å². The Morgan fingerprint density at radius 2 is 2.00 bits per heavy atom. The third kappa shape index (κ3) is 4.35. The van der Waals surface area contributed by atoms with E-state index in [9.17, 15) is 10.1 Å². The number of allylic oxidation sites excluding steroid dienone is 1. The van der Waals surface area contributed by atoms with Crippen molar-refractivity contribution < 1.29 is 9.53 Å². The van der Waals surface area contributed by atoms with E-state index >= 15 is 0 Å². The second-order valence-corrected chi connectivity index (χ2v) is 7.43. The van der Waals surface area contributed by atoms with Crippen molar-refractivity contribution in [2.45, 2.75) is 6.54 Å². The number of hydrogen-bond donors (Lipinski definition) is 0. The average Bonchev–Trinajstić information content (AvgIpc) is 3.14. The SMILES string of the molecule is COc1ccc(Cn2cc(/C=C(\C#N)c3ccc(C=O)cc3)c3ccc(Cl)cc32)cn1. The Morgan fingerprint density at radius 1 is 1.19 bits per heavy atom. The van der Waals surface area contributed by atoms with Crippen molar-refractivity contribution in [3.05, 3.63) is 94.3 Å². The van der Waals surface area contributed by atoms with E-state index in [4.69, 9.17) is 16.3 Å². The van der Waals surface area contributed by atoms with Gasteiger partial charge in [-0.2, -0.15) is 5.26 Å². The number of ether oxygens (including phenoxy) is 1. The lowest BCUT2D eigenvalue weighted by atomic mass is 10.0. The predicted octanol–water partition coefficient (Wildman–Crippen LogP) is 5.62. The molecule has 0 atom stereocenters. The Hall–Kier alpha value is -3.88. The summed E-state index contributed by atoms with van der Waals surface area (Å²) in [5.41, 5.74) is 4.71. The van der Waals surface area contributed by atoms with E-state index in [0.717, 1.165) is 33.9 Å². The smallest absolute Gasteiger partial charge is 0.212 e. The number of nitriles is 1. The maximum Gasteiger partial charge on any atom is 0.212 e. The fraction of sp³-hybridized carbons (Fsp3) is 0.0800. The van der Waals surface area contributed by atoms with Gasteiger partial charge in [0.05, 0.1) is 24.3 Å². The summed E-state index contributed by atoms with van der Waals surface area (Å²) in [6.45, 7) is 0.595. The van der Waals surface area contributed by atoms with Gasteiger partial charge in [0.15, 0.2) is 0 Å². The molecular weight excluding hydrogens is 410 g/mol. The maximum atomic E-state index is 10.9. The fourth-order valence-corrected chi connectivity index (χ4v) is 3.60. The number of aromatic nitrogens is 2. The summed E-state index contributed by atoms with van der Waals surface area (Å²) in [5, 5.41) is 11.4. The summed E-state index contributed by atoms with van der Waals surface area (Å²) in [4.78, 5) is 15.2. The zero-order chi connectivity index (χ0) is 21.8. The van der Waals surface area contributed by atoms with Gasteiger partial charge in [0.25, 0.3) is 0 Å². The van der Waals surface area contributed by atoms with Crippen LogP contribution in [0.3, 0.4) is 0 Å². The van der Waals surface area contributed by atoms with E-state index < -0.39 is 0 Å². The zero-order valence-electron chi connectivity index (χ0n) is 16.7. The normalized spacial score (nSPS) is 11.3. The highest BCUT2D eigenvalue weighted by atomic mass is 35.5. The summed E-state index contributed by atoms with van der Waals surface area (Å²) in [6, 6.07) is 18.7. The number of rotatable bonds is 6. The van der Waals surface area contributed by atoms with Gasteiger partial charge in [-0.15, -0.1) is 0 Å². The van der Waals surface area contributed by atoms with E-state index in [2.05, 4.69) is 15.6 Å². The monoisotopic (exact) mass is 427 g/mol. The molecule has 0 radical (unpaired) electrons. The highest BCUT2D eigenvalue weighted by Gasteiger charge is 2.11. The third-order valence-electron chi connectivity index (χ3n) is 5.01. The van der Waals surface area contributed by atoms with Gasteiger partial charge in [-0.3, -0.25) is 4.79 Å². The lowest BCUT2D eigenvalue weighted by Gasteiger charge is -2.06. The molecule has 0 bridgehead atoms. The number of methoxy groups -OCH3 is 1. The molecule has 0 spiro atoms. The van der Waals surface area contributed by atoms with E-state index in [-0.39, 0.29) is 0 Å². The molecule has 0 saturated carbocycles. The van der Waals surface area contributed by atoms with Gasteiger partial charge in [0.1, 0.15) is 6.29 Å². The summed E-state index contributed by atoms with van der Waals surface area (Å²) in [5.74, 6) is 0.562. The van der Waals surface area contributed by atoms with Crippen LogP contribution < -0.4 is 4.74 Å². The van der Waals surface area contributed by atoms with Gasteiger partial charge in [0, 0.05) is 46.5 Å². The molecule has 0 unspecified atom stereocenters. The molecule has 2 aromatic carbocycles. The third-order valence-corrected chi connectivity index (χ3v) is 5.25. The maximum absolute atomic E-state index is 10.9. The molecule has 31 heavy (non-hydrogen) atoms. The lowest BCUT2D eigenvalue weighted by molar-refractivity contribution is 0.112. The molecule has 0 fully saturated rings. The van der Waals surface area contributed by atoms with Crippen molar-refractivity contribution in [1.29, 1.82) is 5.26 Å². The van der Waals surface area contributed by atoms with Gasteiger partial charge in [-0.05, 0) is 29.3 Å². The number of fused-ring (bicyclic) bond motifs is 1. The summed E-state index contributed by atoms with van der Waals surface area (Å²) < 4.78 is 7.21.